The minimum Gasteiger partial charge on any atom is -0.478 e. The number of hydrogen-bond donors (Lipinski definition) is 3. The highest BCUT2D eigenvalue weighted by Crippen LogP contribution is 2.29. The van der Waals surface area contributed by atoms with Crippen LogP contribution in [0.15, 0.2) is 36.4 Å². The van der Waals surface area contributed by atoms with Gasteiger partial charge in [-0.2, -0.15) is 0 Å². The second-order valence-corrected chi connectivity index (χ2v) is 5.45. The topological polar surface area (TPSA) is 75.4 Å². The summed E-state index contributed by atoms with van der Waals surface area (Å²) in [4.78, 5) is 10.9. The molecule has 19 heavy (non-hydrogen) atoms. The van der Waals surface area contributed by atoms with Crippen LogP contribution in [0.5, 0.6) is 0 Å². The van der Waals surface area contributed by atoms with Gasteiger partial charge in [0, 0.05) is 8.59 Å². The Morgan fingerprint density at radius 2 is 1.95 bits per heavy atom. The Morgan fingerprint density at radius 3 is 2.58 bits per heavy atom. The van der Waals surface area contributed by atoms with E-state index in [1.165, 1.54) is 12.1 Å². The van der Waals surface area contributed by atoms with Crippen LogP contribution in [0.1, 0.15) is 10.4 Å². The number of nitrogen functional groups attached to an aromatic ring is 1. The number of carboxylic acids is 1. The molecular weight excluding hydrogens is 379 g/mol. The lowest BCUT2D eigenvalue weighted by molar-refractivity contribution is 0.0697. The predicted molar refractivity (Wildman–Crippen MR) is 85.3 cm³/mol. The lowest BCUT2D eigenvalue weighted by Gasteiger charge is -2.12. The van der Waals surface area contributed by atoms with Gasteiger partial charge in [-0.05, 0) is 59.0 Å². The van der Waals surface area contributed by atoms with Crippen molar-refractivity contribution in [1.29, 1.82) is 0 Å². The van der Waals surface area contributed by atoms with Crippen molar-refractivity contribution in [2.75, 3.05) is 11.1 Å². The van der Waals surface area contributed by atoms with Crippen LogP contribution in [0.4, 0.5) is 17.1 Å². The molecule has 2 aromatic rings. The predicted octanol–water partition coefficient (Wildman–Crippen LogP) is 3.97. The van der Waals surface area contributed by atoms with Gasteiger partial charge >= 0.3 is 5.97 Å². The monoisotopic (exact) mass is 388 g/mol. The second kappa shape index (κ2) is 5.66. The minimum absolute atomic E-state index is 0.181. The Hall–Kier alpha value is -1.47. The third-order valence-corrected chi connectivity index (χ3v) is 3.63. The quantitative estimate of drug-likeness (QED) is 0.549. The average Bonchev–Trinajstić information content (AvgIpc) is 2.34. The first-order chi connectivity index (χ1) is 8.97. The zero-order valence-corrected chi connectivity index (χ0v) is 12.6. The first-order valence-electron chi connectivity index (χ1n) is 5.32. The fraction of sp³-hybridized carbons (Fsp3) is 0. The lowest BCUT2D eigenvalue weighted by atomic mass is 10.1. The molecule has 0 aliphatic heterocycles. The van der Waals surface area contributed by atoms with E-state index >= 15 is 0 Å². The molecule has 98 valence electrons. The highest BCUT2D eigenvalue weighted by Gasteiger charge is 2.08. The fourth-order valence-corrected chi connectivity index (χ4v) is 2.54. The number of nitrogens with one attached hydrogen (secondary N) is 1. The van der Waals surface area contributed by atoms with E-state index in [4.69, 9.17) is 22.4 Å². The smallest absolute Gasteiger partial charge is 0.335 e. The van der Waals surface area contributed by atoms with Crippen molar-refractivity contribution in [1.82, 2.24) is 0 Å². The van der Waals surface area contributed by atoms with Gasteiger partial charge in [-0.1, -0.05) is 11.6 Å². The highest BCUT2D eigenvalue weighted by atomic mass is 127. The van der Waals surface area contributed by atoms with Crippen molar-refractivity contribution >= 4 is 57.2 Å². The van der Waals surface area contributed by atoms with Crippen molar-refractivity contribution in [3.63, 3.8) is 0 Å². The summed E-state index contributed by atoms with van der Waals surface area (Å²) in [5.74, 6) is -0.992. The molecule has 0 spiro atoms. The summed E-state index contributed by atoms with van der Waals surface area (Å²) >= 11 is 8.03. The summed E-state index contributed by atoms with van der Waals surface area (Å²) in [6.45, 7) is 0. The Bertz CT molecular complexity index is 647. The van der Waals surface area contributed by atoms with Crippen LogP contribution < -0.4 is 11.1 Å². The van der Waals surface area contributed by atoms with Crippen LogP contribution in [0.2, 0.25) is 5.02 Å². The molecule has 0 saturated carbocycles. The maximum absolute atomic E-state index is 10.9. The number of benzene rings is 2. The Labute approximate surface area is 128 Å². The SMILES string of the molecule is Nc1ccc(C(=O)O)cc1Nc1ccc(Cl)cc1I. The van der Waals surface area contributed by atoms with E-state index in [1.54, 1.807) is 12.1 Å². The molecule has 0 atom stereocenters. The summed E-state index contributed by atoms with van der Waals surface area (Å²) in [6.07, 6.45) is 0. The molecule has 0 aliphatic rings. The van der Waals surface area contributed by atoms with E-state index in [0.717, 1.165) is 9.26 Å². The number of rotatable bonds is 3. The second-order valence-electron chi connectivity index (χ2n) is 3.86. The summed E-state index contributed by atoms with van der Waals surface area (Å²) in [6, 6.07) is 9.91. The van der Waals surface area contributed by atoms with Crippen molar-refractivity contribution in [3.8, 4) is 0 Å². The standard InChI is InChI=1S/C13H10ClIN2O2/c14-8-2-4-11(9(15)6-8)17-12-5-7(13(18)19)1-3-10(12)16/h1-6,17H,16H2,(H,18,19). The third kappa shape index (κ3) is 3.30. The highest BCUT2D eigenvalue weighted by molar-refractivity contribution is 14.1. The number of anilines is 3. The third-order valence-electron chi connectivity index (χ3n) is 2.50. The van der Waals surface area contributed by atoms with Gasteiger partial charge in [-0.15, -0.1) is 0 Å². The Kier molecular flexibility index (Phi) is 4.16. The average molecular weight is 389 g/mol. The van der Waals surface area contributed by atoms with Crippen molar-refractivity contribution in [2.24, 2.45) is 0 Å². The van der Waals surface area contributed by atoms with E-state index in [1.807, 2.05) is 12.1 Å². The zero-order valence-electron chi connectivity index (χ0n) is 9.65. The van der Waals surface area contributed by atoms with Crippen LogP contribution >= 0.6 is 34.2 Å². The van der Waals surface area contributed by atoms with Crippen LogP contribution in [-0.2, 0) is 0 Å². The maximum Gasteiger partial charge on any atom is 0.335 e. The zero-order chi connectivity index (χ0) is 14.0. The van der Waals surface area contributed by atoms with Crippen molar-refractivity contribution in [3.05, 3.63) is 50.6 Å². The van der Waals surface area contributed by atoms with Gasteiger partial charge < -0.3 is 16.2 Å². The summed E-state index contributed by atoms with van der Waals surface area (Å²) in [5, 5.41) is 12.7. The van der Waals surface area contributed by atoms with Gasteiger partial charge in [0.05, 0.1) is 22.6 Å². The summed E-state index contributed by atoms with van der Waals surface area (Å²) in [7, 11) is 0. The van der Waals surface area contributed by atoms with E-state index in [2.05, 4.69) is 27.9 Å². The van der Waals surface area contributed by atoms with Crippen molar-refractivity contribution in [2.45, 2.75) is 0 Å². The molecule has 0 saturated heterocycles. The molecular formula is C13H10ClIN2O2. The Morgan fingerprint density at radius 1 is 1.21 bits per heavy atom. The number of halogens is 2. The molecule has 0 heterocycles. The van der Waals surface area contributed by atoms with Gasteiger partial charge in [0.15, 0.2) is 0 Å². The first kappa shape index (κ1) is 14.0. The van der Waals surface area contributed by atoms with Gasteiger partial charge in [0.2, 0.25) is 0 Å². The van der Waals surface area contributed by atoms with E-state index < -0.39 is 5.97 Å². The molecule has 0 radical (unpaired) electrons. The molecule has 0 amide bonds. The largest absolute Gasteiger partial charge is 0.478 e. The maximum atomic E-state index is 10.9. The molecule has 0 aliphatic carbocycles. The molecule has 4 N–H and O–H groups in total. The molecule has 0 aromatic heterocycles. The van der Waals surface area contributed by atoms with Gasteiger partial charge in [-0.25, -0.2) is 4.79 Å². The van der Waals surface area contributed by atoms with Crippen LogP contribution in [0.3, 0.4) is 0 Å². The normalized spacial score (nSPS) is 10.2. The van der Waals surface area contributed by atoms with Crippen LogP contribution in [-0.4, -0.2) is 11.1 Å². The van der Waals surface area contributed by atoms with Crippen LogP contribution in [0, 0.1) is 3.57 Å². The lowest BCUT2D eigenvalue weighted by Crippen LogP contribution is -2.02. The number of aromatic carboxylic acids is 1. The minimum atomic E-state index is -0.992. The fourth-order valence-electron chi connectivity index (χ4n) is 1.53. The number of carbonyl (C=O) groups is 1. The molecule has 2 rings (SSSR count). The van der Waals surface area contributed by atoms with E-state index in [0.29, 0.717) is 16.4 Å². The van der Waals surface area contributed by atoms with Gasteiger partial charge in [0.25, 0.3) is 0 Å². The van der Waals surface area contributed by atoms with Crippen molar-refractivity contribution < 1.29 is 9.90 Å². The number of carboxylic acid groups (broad SMARTS) is 1. The summed E-state index contributed by atoms with van der Waals surface area (Å²) < 4.78 is 0.922. The molecule has 2 aromatic carbocycles. The van der Waals surface area contributed by atoms with Gasteiger partial charge in [0.1, 0.15) is 0 Å². The number of nitrogens with two attached hydrogens (primary N) is 1. The molecule has 6 heteroatoms. The molecule has 0 bridgehead atoms. The molecule has 4 nitrogen and oxygen atoms in total. The Balaban J connectivity index is 2.37. The first-order valence-corrected chi connectivity index (χ1v) is 6.78. The van der Waals surface area contributed by atoms with E-state index in [-0.39, 0.29) is 5.56 Å². The van der Waals surface area contributed by atoms with Crippen LogP contribution in [0.25, 0.3) is 0 Å². The molecule has 0 fully saturated rings. The summed E-state index contributed by atoms with van der Waals surface area (Å²) in [5.41, 5.74) is 7.87. The van der Waals surface area contributed by atoms with Gasteiger partial charge in [-0.3, -0.25) is 0 Å². The molecule has 0 unspecified atom stereocenters. The van der Waals surface area contributed by atoms with E-state index in [9.17, 15) is 4.79 Å². The number of hydrogen-bond acceptors (Lipinski definition) is 3.